The van der Waals surface area contributed by atoms with Crippen molar-refractivity contribution in [1.29, 1.82) is 0 Å². The summed E-state index contributed by atoms with van der Waals surface area (Å²) in [5, 5.41) is 6.23. The number of piperazine rings is 1. The highest BCUT2D eigenvalue weighted by atomic mass is 32.1. The molecule has 1 aromatic carbocycles. The Bertz CT molecular complexity index is 1650. The number of nitrogens with one attached hydrogen (secondary N) is 2. The number of hydrogen-bond acceptors (Lipinski definition) is 7. The average molecular weight is 647 g/mol. The molecule has 0 spiro atoms. The Labute approximate surface area is 273 Å². The molecule has 2 aromatic heterocycles. The highest BCUT2D eigenvalue weighted by Crippen LogP contribution is 2.38. The maximum atomic E-state index is 13.9. The zero-order valence-electron chi connectivity index (χ0n) is 27.5. The Balaban J connectivity index is 1.34. The monoisotopic (exact) mass is 646 g/mol. The van der Waals surface area contributed by atoms with Gasteiger partial charge in [0.15, 0.2) is 0 Å². The van der Waals surface area contributed by atoms with Gasteiger partial charge in [-0.15, -0.1) is 11.3 Å². The van der Waals surface area contributed by atoms with Gasteiger partial charge in [-0.25, -0.2) is 4.79 Å². The van der Waals surface area contributed by atoms with Crippen LogP contribution < -0.4 is 10.6 Å². The number of aromatic nitrogens is 1. The van der Waals surface area contributed by atoms with Crippen LogP contribution >= 0.6 is 11.3 Å². The third-order valence-electron chi connectivity index (χ3n) is 8.47. The molecule has 5 amide bonds. The lowest BCUT2D eigenvalue weighted by molar-refractivity contribution is -0.144. The fourth-order valence-electron chi connectivity index (χ4n) is 5.61. The molecule has 4 heterocycles. The second-order valence-corrected chi connectivity index (χ2v) is 14.3. The van der Waals surface area contributed by atoms with Crippen LogP contribution in [0.3, 0.4) is 0 Å². The Hall–Kier alpha value is -4.29. The summed E-state index contributed by atoms with van der Waals surface area (Å²) in [6.45, 7) is 14.6. The van der Waals surface area contributed by atoms with Crippen molar-refractivity contribution in [3.8, 4) is 11.1 Å². The number of rotatable bonds is 5. The Morgan fingerprint density at radius 2 is 1.67 bits per heavy atom. The van der Waals surface area contributed by atoms with Gasteiger partial charge in [0.05, 0.1) is 18.8 Å². The zero-order valence-corrected chi connectivity index (χ0v) is 28.3. The quantitative estimate of drug-likeness (QED) is 0.392. The predicted octanol–water partition coefficient (Wildman–Crippen LogP) is 5.23. The molecule has 2 saturated heterocycles. The van der Waals surface area contributed by atoms with Gasteiger partial charge in [0, 0.05) is 55.6 Å². The van der Waals surface area contributed by atoms with E-state index in [2.05, 4.69) is 15.6 Å². The maximum absolute atomic E-state index is 13.9. The van der Waals surface area contributed by atoms with Gasteiger partial charge in [-0.05, 0) is 61.6 Å². The number of pyridine rings is 1. The molecule has 12 heteroatoms. The van der Waals surface area contributed by atoms with Gasteiger partial charge in [0.25, 0.3) is 11.8 Å². The molecule has 2 aliphatic rings. The summed E-state index contributed by atoms with van der Waals surface area (Å²) in [5.41, 5.74) is 2.66. The Morgan fingerprint density at radius 1 is 0.957 bits per heavy atom. The first-order valence-corrected chi connectivity index (χ1v) is 16.2. The van der Waals surface area contributed by atoms with Crippen molar-refractivity contribution in [2.24, 2.45) is 0 Å². The number of nitrogens with zero attached hydrogens (tertiary/aromatic N) is 4. The highest BCUT2D eigenvalue weighted by Gasteiger charge is 2.44. The molecule has 3 aromatic rings. The van der Waals surface area contributed by atoms with Crippen molar-refractivity contribution in [2.75, 3.05) is 57.1 Å². The van der Waals surface area contributed by atoms with Crippen LogP contribution in [0.2, 0.25) is 0 Å². The number of thiophene rings is 1. The highest BCUT2D eigenvalue weighted by molar-refractivity contribution is 7.16. The molecule has 11 nitrogen and oxygen atoms in total. The van der Waals surface area contributed by atoms with E-state index in [1.165, 1.54) is 11.3 Å². The summed E-state index contributed by atoms with van der Waals surface area (Å²) in [5.74, 6) is -0.550. The maximum Gasteiger partial charge on any atom is 0.324 e. The average Bonchev–Trinajstić information content (AvgIpc) is 3.45. The normalized spacial score (nSPS) is 16.8. The molecule has 5 rings (SSSR count). The van der Waals surface area contributed by atoms with Crippen molar-refractivity contribution >= 4 is 45.8 Å². The number of aryl methyl sites for hydroxylation is 1. The first-order chi connectivity index (χ1) is 21.7. The van der Waals surface area contributed by atoms with Crippen molar-refractivity contribution < 1.29 is 23.9 Å². The smallest absolute Gasteiger partial charge is 0.324 e. The molecular weight excluding hydrogens is 604 g/mol. The second-order valence-electron chi connectivity index (χ2n) is 13.3. The first-order valence-electron chi connectivity index (χ1n) is 15.4. The second kappa shape index (κ2) is 12.8. The van der Waals surface area contributed by atoms with Crippen molar-refractivity contribution in [3.63, 3.8) is 0 Å². The number of benzene rings is 1. The lowest BCUT2D eigenvalue weighted by Crippen LogP contribution is -2.63. The molecule has 0 bridgehead atoms. The first kappa shape index (κ1) is 33.1. The zero-order chi connectivity index (χ0) is 33.4. The van der Waals surface area contributed by atoms with Crippen molar-refractivity contribution in [2.45, 2.75) is 52.5 Å². The van der Waals surface area contributed by atoms with Crippen LogP contribution in [0.4, 0.5) is 15.5 Å². The van der Waals surface area contributed by atoms with E-state index in [0.29, 0.717) is 61.3 Å². The Kier molecular flexibility index (Phi) is 9.23. The number of likely N-dealkylation sites (N-methyl/N-ethyl adjacent to an activating group) is 1. The van der Waals surface area contributed by atoms with Gasteiger partial charge in [0.1, 0.15) is 16.2 Å². The number of carbonyl (C=O) groups is 4. The molecule has 244 valence electrons. The third kappa shape index (κ3) is 6.78. The molecule has 0 radical (unpaired) electrons. The summed E-state index contributed by atoms with van der Waals surface area (Å²) in [6.07, 6.45) is 1.67. The van der Waals surface area contributed by atoms with Gasteiger partial charge in [-0.2, -0.15) is 0 Å². The van der Waals surface area contributed by atoms with Crippen LogP contribution in [0.1, 0.15) is 65.9 Å². The van der Waals surface area contributed by atoms with E-state index in [1.807, 2.05) is 58.0 Å². The molecule has 2 N–H and O–H groups in total. The fourth-order valence-corrected chi connectivity index (χ4v) is 6.71. The standard InChI is InChI=1S/C34H42N6O5S/c1-21-8-10-23(18-24(21)22-9-11-26(35-20-22)30(42)39-14-16-45-17-15-39)36-32(44)37-28-25(19-27(46-28)33(2,3)4)29(41)40-13-12-38(7)31(43)34(40,5)6/h8-11,18-20H,12-17H2,1-7H3,(H2,36,37,44). The number of hydrogen-bond donors (Lipinski definition) is 2. The largest absolute Gasteiger partial charge is 0.378 e. The van der Waals surface area contributed by atoms with Gasteiger partial charge < -0.3 is 24.8 Å². The number of morpholine rings is 1. The van der Waals surface area contributed by atoms with Crippen LogP contribution in [-0.2, 0) is 14.9 Å². The molecular formula is C34H42N6O5S. The van der Waals surface area contributed by atoms with Crippen molar-refractivity contribution in [3.05, 3.63) is 64.3 Å². The van der Waals surface area contributed by atoms with Gasteiger partial charge in [-0.1, -0.05) is 32.9 Å². The molecule has 2 fully saturated rings. The summed E-state index contributed by atoms with van der Waals surface area (Å²) >= 11 is 1.35. The van der Waals surface area contributed by atoms with Crippen LogP contribution in [0.25, 0.3) is 11.1 Å². The summed E-state index contributed by atoms with van der Waals surface area (Å²) < 4.78 is 5.34. The molecule has 0 unspecified atom stereocenters. The van der Waals surface area contributed by atoms with Crippen molar-refractivity contribution in [1.82, 2.24) is 19.7 Å². The Morgan fingerprint density at radius 3 is 2.33 bits per heavy atom. The molecule has 46 heavy (non-hydrogen) atoms. The lowest BCUT2D eigenvalue weighted by Gasteiger charge is -2.44. The van der Waals surface area contributed by atoms with Crippen LogP contribution in [-0.4, -0.2) is 95.4 Å². The number of amides is 5. The molecule has 0 aliphatic carbocycles. The minimum absolute atomic E-state index is 0.123. The van der Waals surface area contributed by atoms with E-state index >= 15 is 0 Å². The number of ether oxygens (including phenoxy) is 1. The van der Waals surface area contributed by atoms with Gasteiger partial charge in [0.2, 0.25) is 5.91 Å². The summed E-state index contributed by atoms with van der Waals surface area (Å²) in [4.78, 5) is 63.3. The van der Waals surface area contributed by atoms with E-state index in [4.69, 9.17) is 4.74 Å². The van der Waals surface area contributed by atoms with E-state index < -0.39 is 11.6 Å². The van der Waals surface area contributed by atoms with E-state index in [1.54, 1.807) is 47.9 Å². The van der Waals surface area contributed by atoms with E-state index in [0.717, 1.165) is 21.6 Å². The predicted molar refractivity (Wildman–Crippen MR) is 180 cm³/mol. The minimum Gasteiger partial charge on any atom is -0.378 e. The van der Waals surface area contributed by atoms with Crippen LogP contribution in [0.5, 0.6) is 0 Å². The van der Waals surface area contributed by atoms with Gasteiger partial charge >= 0.3 is 6.03 Å². The fraction of sp³-hybridized carbons (Fsp3) is 0.441. The third-order valence-corrected chi connectivity index (χ3v) is 9.94. The molecule has 0 atom stereocenters. The topological polar surface area (TPSA) is 124 Å². The van der Waals surface area contributed by atoms with Crippen LogP contribution in [0.15, 0.2) is 42.6 Å². The molecule has 0 saturated carbocycles. The van der Waals surface area contributed by atoms with E-state index in [-0.39, 0.29) is 23.1 Å². The van der Waals surface area contributed by atoms with Crippen LogP contribution in [0, 0.1) is 6.92 Å². The molecule has 2 aliphatic heterocycles. The SMILES string of the molecule is Cc1ccc(NC(=O)Nc2sc(C(C)(C)C)cc2C(=O)N2CCN(C)C(=O)C2(C)C)cc1-c1ccc(C(=O)N2CCOCC2)nc1. The van der Waals surface area contributed by atoms with Gasteiger partial charge in [-0.3, -0.25) is 24.7 Å². The number of urea groups is 1. The summed E-state index contributed by atoms with van der Waals surface area (Å²) in [7, 11) is 1.74. The number of anilines is 2. The summed E-state index contributed by atoms with van der Waals surface area (Å²) in [6, 6.07) is 10.5. The van der Waals surface area contributed by atoms with E-state index in [9.17, 15) is 19.2 Å². The number of carbonyl (C=O) groups excluding carboxylic acids is 4. The minimum atomic E-state index is -1.02. The lowest BCUT2D eigenvalue weighted by atomic mass is 9.93.